The van der Waals surface area contributed by atoms with E-state index in [2.05, 4.69) is 5.32 Å². The van der Waals surface area contributed by atoms with Crippen LogP contribution in [-0.2, 0) is 19.1 Å². The minimum atomic E-state index is -1.32. The highest BCUT2D eigenvalue weighted by Crippen LogP contribution is 2.12. The average Bonchev–Trinajstić information content (AvgIpc) is 2.62. The fraction of sp³-hybridized carbons (Fsp3) is 0.538. The van der Waals surface area contributed by atoms with Crippen molar-refractivity contribution >= 4 is 23.9 Å². The molecule has 0 radical (unpaired) electrons. The summed E-state index contributed by atoms with van der Waals surface area (Å²) in [6.45, 7) is 5.04. The van der Waals surface area contributed by atoms with E-state index < -0.39 is 35.5 Å². The topological polar surface area (TPSA) is 113 Å². The molecule has 0 spiro atoms. The van der Waals surface area contributed by atoms with E-state index in [0.717, 1.165) is 12.2 Å². The zero-order valence-electron chi connectivity index (χ0n) is 12.1. The van der Waals surface area contributed by atoms with Gasteiger partial charge < -0.3 is 15.2 Å². The quantitative estimate of drug-likeness (QED) is 0.705. The van der Waals surface area contributed by atoms with E-state index in [9.17, 15) is 19.2 Å². The van der Waals surface area contributed by atoms with Crippen LogP contribution in [-0.4, -0.2) is 52.1 Å². The molecule has 116 valence electrons. The van der Waals surface area contributed by atoms with Gasteiger partial charge in [0.25, 0.3) is 11.8 Å². The number of amides is 3. The molecule has 0 saturated carbocycles. The van der Waals surface area contributed by atoms with Crippen LogP contribution in [0.25, 0.3) is 0 Å². The van der Waals surface area contributed by atoms with Crippen LogP contribution in [0.3, 0.4) is 0 Å². The van der Waals surface area contributed by atoms with Crippen LogP contribution >= 0.6 is 0 Å². The van der Waals surface area contributed by atoms with Crippen molar-refractivity contribution in [2.45, 2.75) is 38.8 Å². The number of hydrogen-bond donors (Lipinski definition) is 2. The van der Waals surface area contributed by atoms with Crippen LogP contribution in [0.15, 0.2) is 12.2 Å². The first-order valence-corrected chi connectivity index (χ1v) is 6.36. The summed E-state index contributed by atoms with van der Waals surface area (Å²) in [7, 11) is 0. The summed E-state index contributed by atoms with van der Waals surface area (Å²) in [5, 5.41) is 11.5. The molecule has 1 aliphatic heterocycles. The summed E-state index contributed by atoms with van der Waals surface area (Å²) < 4.78 is 4.99. The molecule has 2 N–H and O–H groups in total. The molecule has 8 heteroatoms. The number of nitrogens with zero attached hydrogens (tertiary/aromatic N) is 1. The second-order valence-corrected chi connectivity index (χ2v) is 5.45. The van der Waals surface area contributed by atoms with Gasteiger partial charge in [-0.3, -0.25) is 14.5 Å². The number of imide groups is 1. The number of rotatable bonds is 5. The minimum Gasteiger partial charge on any atom is -0.480 e. The smallest absolute Gasteiger partial charge is 0.407 e. The molecule has 1 heterocycles. The van der Waals surface area contributed by atoms with Crippen LogP contribution in [0.1, 0.15) is 27.2 Å². The monoisotopic (exact) mass is 298 g/mol. The van der Waals surface area contributed by atoms with Crippen molar-refractivity contribution in [3.8, 4) is 0 Å². The van der Waals surface area contributed by atoms with Crippen molar-refractivity contribution in [3.05, 3.63) is 12.2 Å². The maximum Gasteiger partial charge on any atom is 0.407 e. The van der Waals surface area contributed by atoms with Crippen LogP contribution in [0.4, 0.5) is 4.79 Å². The molecule has 1 rings (SSSR count). The second-order valence-electron chi connectivity index (χ2n) is 5.45. The summed E-state index contributed by atoms with van der Waals surface area (Å²) in [6.07, 6.45) is 1.23. The third kappa shape index (κ3) is 4.90. The van der Waals surface area contributed by atoms with E-state index in [-0.39, 0.29) is 13.0 Å². The molecule has 0 aromatic rings. The first kappa shape index (κ1) is 16.7. The van der Waals surface area contributed by atoms with Gasteiger partial charge in [0.2, 0.25) is 0 Å². The highest BCUT2D eigenvalue weighted by molar-refractivity contribution is 6.14. The molecular formula is C13H18N2O6. The third-order valence-corrected chi connectivity index (χ3v) is 2.53. The Kier molecular flexibility index (Phi) is 5.07. The highest BCUT2D eigenvalue weighted by Gasteiger charge is 2.35. The predicted molar refractivity (Wildman–Crippen MR) is 71.3 cm³/mol. The lowest BCUT2D eigenvalue weighted by Gasteiger charge is -2.23. The summed E-state index contributed by atoms with van der Waals surface area (Å²) in [5.41, 5.74) is -0.666. The van der Waals surface area contributed by atoms with Crippen LogP contribution in [0.5, 0.6) is 0 Å². The summed E-state index contributed by atoms with van der Waals surface area (Å²) in [6, 6.07) is -1.32. The molecule has 0 unspecified atom stereocenters. The van der Waals surface area contributed by atoms with Crippen molar-refractivity contribution in [2.75, 3.05) is 6.54 Å². The van der Waals surface area contributed by atoms with E-state index >= 15 is 0 Å². The number of nitrogens with one attached hydrogen (secondary N) is 1. The van der Waals surface area contributed by atoms with Crippen molar-refractivity contribution in [1.29, 1.82) is 0 Å². The minimum absolute atomic E-state index is 0.0387. The Morgan fingerprint density at radius 2 is 1.81 bits per heavy atom. The van der Waals surface area contributed by atoms with E-state index in [1.54, 1.807) is 20.8 Å². The second kappa shape index (κ2) is 6.38. The Morgan fingerprint density at radius 3 is 2.24 bits per heavy atom. The lowest BCUT2D eigenvalue weighted by Crippen LogP contribution is -2.46. The Labute approximate surface area is 121 Å². The van der Waals surface area contributed by atoms with Crippen molar-refractivity contribution in [2.24, 2.45) is 0 Å². The summed E-state index contributed by atoms with van der Waals surface area (Å²) in [5.74, 6) is -2.67. The zero-order chi connectivity index (χ0) is 16.2. The number of aliphatic carboxylic acids is 1. The molecule has 0 bridgehead atoms. The van der Waals surface area contributed by atoms with Crippen LogP contribution in [0, 0.1) is 0 Å². The normalized spacial score (nSPS) is 16.0. The summed E-state index contributed by atoms with van der Waals surface area (Å²) >= 11 is 0. The Morgan fingerprint density at radius 1 is 1.29 bits per heavy atom. The van der Waals surface area contributed by atoms with Gasteiger partial charge in [0.05, 0.1) is 0 Å². The van der Waals surface area contributed by atoms with Gasteiger partial charge in [0.1, 0.15) is 11.6 Å². The first-order chi connectivity index (χ1) is 9.61. The third-order valence-electron chi connectivity index (χ3n) is 2.53. The number of hydrogen-bond acceptors (Lipinski definition) is 5. The van der Waals surface area contributed by atoms with Gasteiger partial charge in [-0.1, -0.05) is 0 Å². The highest BCUT2D eigenvalue weighted by atomic mass is 16.6. The van der Waals surface area contributed by atoms with E-state index in [1.807, 2.05) is 0 Å². The average molecular weight is 298 g/mol. The van der Waals surface area contributed by atoms with Gasteiger partial charge in [0.15, 0.2) is 0 Å². The van der Waals surface area contributed by atoms with E-state index in [0.29, 0.717) is 4.90 Å². The largest absolute Gasteiger partial charge is 0.480 e. The molecular weight excluding hydrogens is 280 g/mol. The number of carboxylic acids is 1. The molecule has 0 aromatic heterocycles. The fourth-order valence-electron chi connectivity index (χ4n) is 1.71. The first-order valence-electron chi connectivity index (χ1n) is 6.36. The van der Waals surface area contributed by atoms with Gasteiger partial charge in [-0.05, 0) is 27.2 Å². The standard InChI is InChI=1S/C13H18N2O6/c1-13(2,3)21-12(20)14-7-6-8(11(18)19)15-9(16)4-5-10(15)17/h4-5,8H,6-7H2,1-3H3,(H,14,20)(H,18,19)/t8-/m0/s1. The van der Waals surface area contributed by atoms with Crippen molar-refractivity contribution in [1.82, 2.24) is 10.2 Å². The van der Waals surface area contributed by atoms with Gasteiger partial charge in [0, 0.05) is 18.7 Å². The molecule has 0 fully saturated rings. The lowest BCUT2D eigenvalue weighted by molar-refractivity contribution is -0.153. The maximum absolute atomic E-state index is 11.5. The van der Waals surface area contributed by atoms with E-state index in [1.165, 1.54) is 0 Å². The number of carbonyl (C=O) groups excluding carboxylic acids is 3. The molecule has 0 aliphatic carbocycles. The molecule has 3 amide bonds. The fourth-order valence-corrected chi connectivity index (χ4v) is 1.71. The Balaban J connectivity index is 2.54. The Bertz CT molecular complexity index is 473. The number of carboxylic acid groups (broad SMARTS) is 1. The van der Waals surface area contributed by atoms with E-state index in [4.69, 9.17) is 9.84 Å². The number of ether oxygens (including phenoxy) is 1. The molecule has 8 nitrogen and oxygen atoms in total. The van der Waals surface area contributed by atoms with Gasteiger partial charge >= 0.3 is 12.1 Å². The number of alkyl carbamates (subject to hydrolysis) is 1. The number of carbonyl (C=O) groups is 4. The molecule has 21 heavy (non-hydrogen) atoms. The molecule has 1 atom stereocenters. The van der Waals surface area contributed by atoms with Crippen molar-refractivity contribution < 1.29 is 29.0 Å². The Hall–Kier alpha value is -2.38. The zero-order valence-corrected chi connectivity index (χ0v) is 12.1. The van der Waals surface area contributed by atoms with Crippen LogP contribution < -0.4 is 5.32 Å². The maximum atomic E-state index is 11.5. The molecule has 0 aromatic carbocycles. The summed E-state index contributed by atoms with van der Waals surface area (Å²) in [4.78, 5) is 46.2. The molecule has 1 aliphatic rings. The lowest BCUT2D eigenvalue weighted by atomic mass is 10.1. The SMILES string of the molecule is CC(C)(C)OC(=O)NCC[C@@H](C(=O)O)N1C(=O)C=CC1=O. The van der Waals surface area contributed by atoms with Crippen LogP contribution in [0.2, 0.25) is 0 Å². The van der Waals surface area contributed by atoms with Crippen molar-refractivity contribution in [3.63, 3.8) is 0 Å². The van der Waals surface area contributed by atoms with Gasteiger partial charge in [-0.2, -0.15) is 0 Å². The van der Waals surface area contributed by atoms with Gasteiger partial charge in [-0.25, -0.2) is 9.59 Å². The van der Waals surface area contributed by atoms with Gasteiger partial charge in [-0.15, -0.1) is 0 Å². The predicted octanol–water partition coefficient (Wildman–Crippen LogP) is 0.279. The molecule has 0 saturated heterocycles.